The van der Waals surface area contributed by atoms with Gasteiger partial charge in [-0.25, -0.2) is 0 Å². The van der Waals surface area contributed by atoms with Gasteiger partial charge in [0.1, 0.15) is 0 Å². The van der Waals surface area contributed by atoms with Gasteiger partial charge in [0, 0.05) is 51.0 Å². The van der Waals surface area contributed by atoms with E-state index in [-0.39, 0.29) is 24.0 Å². The highest BCUT2D eigenvalue weighted by atomic mass is 127. The van der Waals surface area contributed by atoms with Gasteiger partial charge < -0.3 is 20.4 Å². The molecule has 1 aromatic carbocycles. The first-order valence-electron chi connectivity index (χ1n) is 9.83. The number of hydrogen-bond donors (Lipinski definition) is 2. The minimum atomic E-state index is 0. The van der Waals surface area contributed by atoms with Gasteiger partial charge in [0.15, 0.2) is 5.96 Å². The Bertz CT molecular complexity index is 589. The van der Waals surface area contributed by atoms with Crippen LogP contribution < -0.4 is 15.5 Å². The van der Waals surface area contributed by atoms with Crippen molar-refractivity contribution in [3.05, 3.63) is 30.3 Å². The molecule has 2 atom stereocenters. The quantitative estimate of drug-likeness (QED) is 0.395. The molecular weight excluding hydrogens is 437 g/mol. The van der Waals surface area contributed by atoms with E-state index in [2.05, 4.69) is 55.8 Å². The Balaban J connectivity index is 0.00000196. The van der Waals surface area contributed by atoms with Crippen LogP contribution in [0.5, 0.6) is 0 Å². The third kappa shape index (κ3) is 5.03. The van der Waals surface area contributed by atoms with Crippen LogP contribution in [0, 0.1) is 5.92 Å². The average molecular weight is 469 g/mol. The number of hydrogen-bond acceptors (Lipinski definition) is 3. The monoisotopic (exact) mass is 469 g/mol. The largest absolute Gasteiger partial charge is 0.369 e. The van der Waals surface area contributed by atoms with Crippen LogP contribution in [0.2, 0.25) is 0 Å². The van der Waals surface area contributed by atoms with Gasteiger partial charge in [0.05, 0.1) is 0 Å². The minimum absolute atomic E-state index is 0. The van der Waals surface area contributed by atoms with Crippen molar-refractivity contribution in [2.45, 2.75) is 37.8 Å². The number of nitrogens with one attached hydrogen (secondary N) is 2. The normalized spacial score (nSPS) is 26.7. The second-order valence-corrected chi connectivity index (χ2v) is 7.75. The van der Waals surface area contributed by atoms with E-state index in [9.17, 15) is 0 Å². The smallest absolute Gasteiger partial charge is 0.191 e. The number of nitrogens with zero attached hydrogens (tertiary/aromatic N) is 3. The van der Waals surface area contributed by atoms with E-state index >= 15 is 0 Å². The van der Waals surface area contributed by atoms with E-state index in [1.54, 1.807) is 0 Å². The van der Waals surface area contributed by atoms with Gasteiger partial charge in [0.25, 0.3) is 0 Å². The van der Waals surface area contributed by atoms with E-state index < -0.39 is 0 Å². The molecule has 0 spiro atoms. The predicted octanol–water partition coefficient (Wildman–Crippen LogP) is 2.53. The second kappa shape index (κ2) is 9.26. The highest BCUT2D eigenvalue weighted by molar-refractivity contribution is 14.0. The molecule has 26 heavy (non-hydrogen) atoms. The van der Waals surface area contributed by atoms with E-state index in [1.165, 1.54) is 38.0 Å². The Morgan fingerprint density at radius 2 is 1.88 bits per heavy atom. The van der Waals surface area contributed by atoms with E-state index in [0.717, 1.165) is 44.0 Å². The van der Waals surface area contributed by atoms with Crippen LogP contribution >= 0.6 is 24.0 Å². The molecule has 3 fully saturated rings. The number of guanidine groups is 1. The van der Waals surface area contributed by atoms with Gasteiger partial charge in [-0.05, 0) is 50.3 Å². The predicted molar refractivity (Wildman–Crippen MR) is 120 cm³/mol. The molecule has 5 nitrogen and oxygen atoms in total. The molecule has 2 heterocycles. The molecule has 3 aliphatic rings. The molecular formula is C20H32IN5. The molecule has 1 aromatic rings. The van der Waals surface area contributed by atoms with E-state index in [4.69, 9.17) is 0 Å². The third-order valence-electron chi connectivity index (χ3n) is 5.81. The van der Waals surface area contributed by atoms with Gasteiger partial charge in [-0.2, -0.15) is 0 Å². The zero-order chi connectivity index (χ0) is 17.1. The van der Waals surface area contributed by atoms with Crippen molar-refractivity contribution in [1.82, 2.24) is 15.5 Å². The first-order chi connectivity index (χ1) is 12.3. The summed E-state index contributed by atoms with van der Waals surface area (Å²) in [7, 11) is 1.88. The van der Waals surface area contributed by atoms with Crippen molar-refractivity contribution in [3.63, 3.8) is 0 Å². The molecule has 2 aliphatic heterocycles. The van der Waals surface area contributed by atoms with Gasteiger partial charge in [-0.15, -0.1) is 24.0 Å². The van der Waals surface area contributed by atoms with Crippen molar-refractivity contribution in [1.29, 1.82) is 0 Å². The van der Waals surface area contributed by atoms with Crippen molar-refractivity contribution >= 4 is 35.6 Å². The summed E-state index contributed by atoms with van der Waals surface area (Å²) in [6.07, 6.45) is 5.33. The second-order valence-electron chi connectivity index (χ2n) is 7.75. The molecule has 0 radical (unpaired) electrons. The first-order valence-corrected chi connectivity index (χ1v) is 9.83. The van der Waals surface area contributed by atoms with Crippen molar-refractivity contribution in [2.24, 2.45) is 10.9 Å². The molecule has 4 rings (SSSR count). The highest BCUT2D eigenvalue weighted by Crippen LogP contribution is 2.31. The molecule has 0 amide bonds. The maximum absolute atomic E-state index is 4.44. The standard InChI is InChI=1S/C20H31N5.HI/c1-21-20(22-13-16-9-11-24(14-16)19-7-8-19)23-17-10-12-25(15-17)18-5-3-2-4-6-18;/h2-6,16-17,19H,7-15H2,1H3,(H2,21,22,23);1H. The SMILES string of the molecule is CN=C(NCC1CCN(C2CC2)C1)NC1CCN(c2ccccc2)C1.I. The van der Waals surface area contributed by atoms with Gasteiger partial charge in [-0.3, -0.25) is 4.99 Å². The lowest BCUT2D eigenvalue weighted by Gasteiger charge is -2.21. The van der Waals surface area contributed by atoms with Crippen LogP contribution in [0.15, 0.2) is 35.3 Å². The molecule has 2 unspecified atom stereocenters. The number of benzene rings is 1. The molecule has 0 bridgehead atoms. The number of halogens is 1. The van der Waals surface area contributed by atoms with Crippen molar-refractivity contribution < 1.29 is 0 Å². The first kappa shape index (κ1) is 19.7. The van der Waals surface area contributed by atoms with Crippen molar-refractivity contribution in [3.8, 4) is 0 Å². The summed E-state index contributed by atoms with van der Waals surface area (Å²) in [5, 5.41) is 7.19. The zero-order valence-electron chi connectivity index (χ0n) is 15.7. The van der Waals surface area contributed by atoms with Crippen LogP contribution in [0.1, 0.15) is 25.7 Å². The lowest BCUT2D eigenvalue weighted by atomic mass is 10.1. The fraction of sp³-hybridized carbons (Fsp3) is 0.650. The summed E-state index contributed by atoms with van der Waals surface area (Å²) in [5.74, 6) is 1.73. The Hall–Kier alpha value is -1.02. The summed E-state index contributed by atoms with van der Waals surface area (Å²) < 4.78 is 0. The van der Waals surface area contributed by atoms with Crippen molar-refractivity contribution in [2.75, 3.05) is 44.7 Å². The average Bonchev–Trinajstić information content (AvgIpc) is 3.21. The molecule has 1 saturated carbocycles. The summed E-state index contributed by atoms with van der Waals surface area (Å²) in [4.78, 5) is 9.57. The molecule has 6 heteroatoms. The lowest BCUT2D eigenvalue weighted by Crippen LogP contribution is -2.46. The van der Waals surface area contributed by atoms with Crippen LogP contribution in [0.4, 0.5) is 5.69 Å². The third-order valence-corrected chi connectivity index (χ3v) is 5.81. The van der Waals surface area contributed by atoms with Crippen LogP contribution in [0.3, 0.4) is 0 Å². The molecule has 2 saturated heterocycles. The Labute approximate surface area is 174 Å². The fourth-order valence-corrected chi connectivity index (χ4v) is 4.18. The lowest BCUT2D eigenvalue weighted by molar-refractivity contribution is 0.314. The topological polar surface area (TPSA) is 42.9 Å². The number of anilines is 1. The molecule has 144 valence electrons. The van der Waals surface area contributed by atoms with E-state index in [0.29, 0.717) is 6.04 Å². The number of rotatable bonds is 5. The van der Waals surface area contributed by atoms with Crippen LogP contribution in [-0.2, 0) is 0 Å². The molecule has 1 aliphatic carbocycles. The van der Waals surface area contributed by atoms with Gasteiger partial charge in [0.2, 0.25) is 0 Å². The molecule has 2 N–H and O–H groups in total. The van der Waals surface area contributed by atoms with E-state index in [1.807, 2.05) is 7.05 Å². The maximum Gasteiger partial charge on any atom is 0.191 e. The number of para-hydroxylation sites is 1. The summed E-state index contributed by atoms with van der Waals surface area (Å²) in [6.45, 7) is 5.75. The Morgan fingerprint density at radius 3 is 2.62 bits per heavy atom. The summed E-state index contributed by atoms with van der Waals surface area (Å²) in [5.41, 5.74) is 1.32. The summed E-state index contributed by atoms with van der Waals surface area (Å²) in [6, 6.07) is 12.1. The van der Waals surface area contributed by atoms with Gasteiger partial charge >= 0.3 is 0 Å². The zero-order valence-corrected chi connectivity index (χ0v) is 18.1. The fourth-order valence-electron chi connectivity index (χ4n) is 4.18. The highest BCUT2D eigenvalue weighted by Gasteiger charge is 2.34. The van der Waals surface area contributed by atoms with Crippen LogP contribution in [0.25, 0.3) is 0 Å². The molecule has 0 aromatic heterocycles. The Kier molecular flexibility index (Phi) is 7.03. The summed E-state index contributed by atoms with van der Waals surface area (Å²) >= 11 is 0. The minimum Gasteiger partial charge on any atom is -0.369 e. The Morgan fingerprint density at radius 1 is 1.08 bits per heavy atom. The van der Waals surface area contributed by atoms with Crippen LogP contribution in [-0.4, -0.2) is 62.7 Å². The number of aliphatic imine (C=N–C) groups is 1. The number of likely N-dealkylation sites (tertiary alicyclic amines) is 1. The maximum atomic E-state index is 4.44. The van der Waals surface area contributed by atoms with Gasteiger partial charge in [-0.1, -0.05) is 18.2 Å².